The summed E-state index contributed by atoms with van der Waals surface area (Å²) in [7, 11) is 0. The number of hydrogen-bond donors (Lipinski definition) is 8. The predicted octanol–water partition coefficient (Wildman–Crippen LogP) is -3.33. The molecule has 2 aliphatic rings. The van der Waals surface area contributed by atoms with Gasteiger partial charge in [0, 0.05) is 12.7 Å². The zero-order valence-electron chi connectivity index (χ0n) is 15.2. The number of aliphatic hydroxyl groups is 5. The largest absolute Gasteiger partial charge is 0.394 e. The molecule has 1 unspecified atom stereocenters. The van der Waals surface area contributed by atoms with Crippen LogP contribution in [0.4, 0.5) is 5.95 Å². The third kappa shape index (κ3) is 3.34. The molecule has 158 valence electrons. The lowest BCUT2D eigenvalue weighted by atomic mass is 10.1. The zero-order valence-corrected chi connectivity index (χ0v) is 15.2. The van der Waals surface area contributed by atoms with Crippen molar-refractivity contribution in [3.05, 3.63) is 34.3 Å². The van der Waals surface area contributed by atoms with E-state index in [0.717, 1.165) is 0 Å². The van der Waals surface area contributed by atoms with Gasteiger partial charge in [0.05, 0.1) is 24.1 Å². The van der Waals surface area contributed by atoms with Crippen LogP contribution in [0.3, 0.4) is 0 Å². The number of fused-ring (bicyclic) bond motifs is 1. The Labute approximate surface area is 163 Å². The molecule has 4 rings (SSSR count). The maximum atomic E-state index is 12.5. The minimum absolute atomic E-state index is 0.131. The van der Waals surface area contributed by atoms with Crippen molar-refractivity contribution in [3.63, 3.8) is 0 Å². The Kier molecular flexibility index (Phi) is 5.16. The number of aromatic amines is 1. The van der Waals surface area contributed by atoms with Gasteiger partial charge in [-0.25, -0.2) is 0 Å². The quantitative estimate of drug-likeness (QED) is 0.231. The van der Waals surface area contributed by atoms with Gasteiger partial charge in [0.15, 0.2) is 11.9 Å². The van der Waals surface area contributed by atoms with Crippen LogP contribution in [-0.4, -0.2) is 83.2 Å². The van der Waals surface area contributed by atoms with Crippen molar-refractivity contribution in [1.29, 1.82) is 0 Å². The Balaban J connectivity index is 1.71. The van der Waals surface area contributed by atoms with Gasteiger partial charge < -0.3 is 45.9 Å². The van der Waals surface area contributed by atoms with E-state index in [-0.39, 0.29) is 23.5 Å². The third-order valence-electron chi connectivity index (χ3n) is 5.33. The first-order valence-corrected chi connectivity index (χ1v) is 9.11. The van der Waals surface area contributed by atoms with E-state index in [1.165, 1.54) is 16.8 Å². The van der Waals surface area contributed by atoms with Crippen molar-refractivity contribution in [1.82, 2.24) is 19.9 Å². The Morgan fingerprint density at radius 2 is 1.97 bits per heavy atom. The highest BCUT2D eigenvalue weighted by Gasteiger charge is 2.44. The van der Waals surface area contributed by atoms with Gasteiger partial charge in [-0.3, -0.25) is 9.78 Å². The number of nitrogens with two attached hydrogens (primary N) is 1. The lowest BCUT2D eigenvalue weighted by Crippen LogP contribution is -2.40. The fourth-order valence-electron chi connectivity index (χ4n) is 3.78. The van der Waals surface area contributed by atoms with E-state index in [2.05, 4.69) is 15.3 Å². The van der Waals surface area contributed by atoms with Crippen LogP contribution in [0.2, 0.25) is 0 Å². The van der Waals surface area contributed by atoms with E-state index in [1.807, 2.05) is 0 Å². The molecule has 0 radical (unpaired) electrons. The zero-order chi connectivity index (χ0) is 20.9. The first-order valence-electron chi connectivity index (χ1n) is 9.11. The molecule has 7 atom stereocenters. The monoisotopic (exact) mass is 409 g/mol. The first kappa shape index (κ1) is 20.0. The summed E-state index contributed by atoms with van der Waals surface area (Å²) in [5.41, 5.74) is 5.78. The highest BCUT2D eigenvalue weighted by Crippen LogP contribution is 2.32. The summed E-state index contributed by atoms with van der Waals surface area (Å²) in [6.45, 7) is -0.363. The maximum absolute atomic E-state index is 12.5. The van der Waals surface area contributed by atoms with Gasteiger partial charge >= 0.3 is 0 Å². The van der Waals surface area contributed by atoms with Gasteiger partial charge in [-0.15, -0.1) is 0 Å². The molecule has 1 aliphatic heterocycles. The lowest BCUT2D eigenvalue weighted by molar-refractivity contribution is -0.0509. The number of H-pyrrole nitrogens is 1. The molecule has 12 nitrogen and oxygen atoms in total. The number of aliphatic hydroxyl groups excluding tert-OH is 5. The number of nitrogen functional groups attached to an aromatic ring is 1. The number of ether oxygens (including phenoxy) is 1. The standard InChI is InChI=1S/C17H23N5O7/c18-17-20-14-10(15(28)21-17)6(3-19-7-1-2-8(24)11(7)25)4-22(14)16-13(27)12(26)9(5-23)29-16/h1-2,4,7-9,11-13,16,19,23-27H,3,5H2,(H3,18,20,21,28)/t7-,8-,9+,11+,12+,13+,16?/m0/s1. The molecule has 3 heterocycles. The fraction of sp³-hybridized carbons (Fsp3) is 0.529. The van der Waals surface area contributed by atoms with E-state index < -0.39 is 55.0 Å². The topological polar surface area (TPSA) is 199 Å². The number of nitrogens with zero attached hydrogens (tertiary/aromatic N) is 2. The first-order chi connectivity index (χ1) is 13.8. The number of anilines is 1. The summed E-state index contributed by atoms with van der Waals surface area (Å²) < 4.78 is 6.93. The van der Waals surface area contributed by atoms with Crippen molar-refractivity contribution < 1.29 is 30.3 Å². The Bertz CT molecular complexity index is 988. The van der Waals surface area contributed by atoms with Crippen LogP contribution in [-0.2, 0) is 11.3 Å². The van der Waals surface area contributed by atoms with Crippen LogP contribution in [0, 0.1) is 0 Å². The van der Waals surface area contributed by atoms with E-state index in [1.54, 1.807) is 6.08 Å². The second-order valence-electron chi connectivity index (χ2n) is 7.21. The normalized spacial score (nSPS) is 34.4. The second-order valence-corrected chi connectivity index (χ2v) is 7.21. The molecule has 0 amide bonds. The summed E-state index contributed by atoms with van der Waals surface area (Å²) in [5, 5.41) is 52.5. The highest BCUT2D eigenvalue weighted by atomic mass is 16.6. The van der Waals surface area contributed by atoms with Gasteiger partial charge in [0.2, 0.25) is 5.95 Å². The second kappa shape index (κ2) is 7.50. The minimum Gasteiger partial charge on any atom is -0.394 e. The smallest absolute Gasteiger partial charge is 0.262 e. The van der Waals surface area contributed by atoms with Crippen LogP contribution >= 0.6 is 0 Å². The van der Waals surface area contributed by atoms with Crippen molar-refractivity contribution >= 4 is 17.0 Å². The van der Waals surface area contributed by atoms with E-state index >= 15 is 0 Å². The fourth-order valence-corrected chi connectivity index (χ4v) is 3.78. The average molecular weight is 409 g/mol. The Morgan fingerprint density at radius 3 is 2.59 bits per heavy atom. The summed E-state index contributed by atoms with van der Waals surface area (Å²) in [6, 6.07) is -0.516. The number of aromatic nitrogens is 3. The molecule has 12 heteroatoms. The molecule has 0 bridgehead atoms. The predicted molar refractivity (Wildman–Crippen MR) is 99.6 cm³/mol. The maximum Gasteiger partial charge on any atom is 0.262 e. The molecule has 1 aliphatic carbocycles. The van der Waals surface area contributed by atoms with Crippen LogP contribution < -0.4 is 16.6 Å². The minimum atomic E-state index is -1.36. The number of rotatable bonds is 5. The molecular weight excluding hydrogens is 386 g/mol. The molecule has 1 fully saturated rings. The number of nitrogens with one attached hydrogen (secondary N) is 2. The van der Waals surface area contributed by atoms with Gasteiger partial charge in [0.25, 0.3) is 5.56 Å². The van der Waals surface area contributed by atoms with Crippen LogP contribution in [0.1, 0.15) is 11.8 Å². The molecule has 9 N–H and O–H groups in total. The van der Waals surface area contributed by atoms with E-state index in [9.17, 15) is 30.3 Å². The third-order valence-corrected chi connectivity index (χ3v) is 5.33. The lowest BCUT2D eigenvalue weighted by Gasteiger charge is -2.18. The molecule has 1 saturated heterocycles. The SMILES string of the molecule is Nc1nc2c(c(CN[C@H]3C=C[C@H](O)[C@@H]3O)cn2C2O[C@H](CO)[C@@H](O)[C@H]2O)c(=O)[nH]1. The molecule has 2 aromatic heterocycles. The molecule has 0 aromatic carbocycles. The van der Waals surface area contributed by atoms with Crippen molar-refractivity contribution in [3.8, 4) is 0 Å². The molecular formula is C17H23N5O7. The number of hydrogen-bond acceptors (Lipinski definition) is 10. The summed E-state index contributed by atoms with van der Waals surface area (Å²) >= 11 is 0. The van der Waals surface area contributed by atoms with Crippen LogP contribution in [0.15, 0.2) is 23.1 Å². The van der Waals surface area contributed by atoms with Gasteiger partial charge in [-0.1, -0.05) is 12.2 Å². The van der Waals surface area contributed by atoms with Crippen molar-refractivity contribution in [2.75, 3.05) is 12.3 Å². The van der Waals surface area contributed by atoms with Crippen molar-refractivity contribution in [2.24, 2.45) is 0 Å². The molecule has 2 aromatic rings. The van der Waals surface area contributed by atoms with E-state index in [0.29, 0.717) is 5.56 Å². The Morgan fingerprint density at radius 1 is 1.21 bits per heavy atom. The highest BCUT2D eigenvalue weighted by molar-refractivity contribution is 5.80. The molecule has 0 saturated carbocycles. The Hall–Kier alpha value is -2.32. The van der Waals surface area contributed by atoms with Gasteiger partial charge in [-0.2, -0.15) is 4.98 Å². The molecule has 0 spiro atoms. The summed E-state index contributed by atoms with van der Waals surface area (Å²) in [5.74, 6) is -0.134. The van der Waals surface area contributed by atoms with E-state index in [4.69, 9.17) is 10.5 Å². The van der Waals surface area contributed by atoms with Gasteiger partial charge in [-0.05, 0) is 5.56 Å². The average Bonchev–Trinajstić information content (AvgIpc) is 3.29. The van der Waals surface area contributed by atoms with Crippen LogP contribution in [0.5, 0.6) is 0 Å². The van der Waals surface area contributed by atoms with Crippen LogP contribution in [0.25, 0.3) is 11.0 Å². The summed E-state index contributed by atoms with van der Waals surface area (Å²) in [4.78, 5) is 19.1. The summed E-state index contributed by atoms with van der Waals surface area (Å²) in [6.07, 6.45) is -2.13. The van der Waals surface area contributed by atoms with Crippen molar-refractivity contribution in [2.45, 2.75) is 49.3 Å². The molecule has 29 heavy (non-hydrogen) atoms. The van der Waals surface area contributed by atoms with Gasteiger partial charge in [0.1, 0.15) is 24.4 Å².